The lowest BCUT2D eigenvalue weighted by Crippen LogP contribution is -2.36. The van der Waals surface area contributed by atoms with Crippen molar-refractivity contribution in [1.29, 1.82) is 0 Å². The summed E-state index contributed by atoms with van der Waals surface area (Å²) >= 11 is 0. The second-order valence-corrected chi connectivity index (χ2v) is 4.36. The van der Waals surface area contributed by atoms with Crippen LogP contribution in [-0.4, -0.2) is 17.5 Å². The van der Waals surface area contributed by atoms with Gasteiger partial charge >= 0.3 is 0 Å². The normalized spacial score (nSPS) is 14.6. The van der Waals surface area contributed by atoms with Crippen molar-refractivity contribution in [2.75, 3.05) is 0 Å². The zero-order valence-electron chi connectivity index (χ0n) is 10.5. The number of hydrogen-bond acceptors (Lipinski definition) is 3. The third kappa shape index (κ3) is 3.37. The van der Waals surface area contributed by atoms with Gasteiger partial charge in [-0.2, -0.15) is 5.10 Å². The monoisotopic (exact) mass is 263 g/mol. The van der Waals surface area contributed by atoms with Crippen LogP contribution in [0.3, 0.4) is 0 Å². The Labute approximate surface area is 109 Å². The van der Waals surface area contributed by atoms with Gasteiger partial charge in [0.25, 0.3) is 5.91 Å². The van der Waals surface area contributed by atoms with Crippen molar-refractivity contribution in [3.8, 4) is 0 Å². The Morgan fingerprint density at radius 1 is 1.47 bits per heavy atom. The highest BCUT2D eigenvalue weighted by molar-refractivity contribution is 6.39. The van der Waals surface area contributed by atoms with E-state index in [0.717, 1.165) is 0 Å². The number of amides is 2. The van der Waals surface area contributed by atoms with Gasteiger partial charge in [-0.3, -0.25) is 9.59 Å². The number of aryl methyl sites for hydroxylation is 1. The fourth-order valence-electron chi connectivity index (χ4n) is 1.67. The third-order valence-corrected chi connectivity index (χ3v) is 2.86. The summed E-state index contributed by atoms with van der Waals surface area (Å²) in [6.45, 7) is 1.90. The number of hydrazone groups is 1. The van der Waals surface area contributed by atoms with E-state index in [1.165, 1.54) is 6.07 Å². The largest absolute Gasteiger partial charge is 0.347 e. The van der Waals surface area contributed by atoms with Crippen LogP contribution in [0.15, 0.2) is 23.3 Å². The fraction of sp³-hybridized carbons (Fsp3) is 0.308. The minimum atomic E-state index is -0.346. The van der Waals surface area contributed by atoms with Gasteiger partial charge in [-0.1, -0.05) is 12.1 Å². The molecule has 0 radical (unpaired) electrons. The summed E-state index contributed by atoms with van der Waals surface area (Å²) in [7, 11) is 0. The molecule has 100 valence electrons. The highest BCUT2D eigenvalue weighted by Gasteiger charge is 2.17. The van der Waals surface area contributed by atoms with Gasteiger partial charge in [-0.25, -0.2) is 9.82 Å². The van der Waals surface area contributed by atoms with Crippen molar-refractivity contribution in [3.63, 3.8) is 0 Å². The van der Waals surface area contributed by atoms with Crippen molar-refractivity contribution < 1.29 is 14.0 Å². The minimum absolute atomic E-state index is 0.197. The molecule has 0 unspecified atom stereocenters. The smallest absolute Gasteiger partial charge is 0.267 e. The van der Waals surface area contributed by atoms with Crippen LogP contribution < -0.4 is 10.7 Å². The molecule has 19 heavy (non-hydrogen) atoms. The Balaban J connectivity index is 1.93. The highest BCUT2D eigenvalue weighted by atomic mass is 19.1. The third-order valence-electron chi connectivity index (χ3n) is 2.86. The summed E-state index contributed by atoms with van der Waals surface area (Å²) < 4.78 is 13.3. The van der Waals surface area contributed by atoms with Crippen LogP contribution in [0.4, 0.5) is 4.39 Å². The maximum Gasteiger partial charge on any atom is 0.267 e. The molecule has 0 aromatic heterocycles. The van der Waals surface area contributed by atoms with Gasteiger partial charge in [0.2, 0.25) is 5.91 Å². The van der Waals surface area contributed by atoms with E-state index >= 15 is 0 Å². The van der Waals surface area contributed by atoms with Gasteiger partial charge in [0.1, 0.15) is 11.5 Å². The lowest BCUT2D eigenvalue weighted by Gasteiger charge is -2.12. The first-order valence-corrected chi connectivity index (χ1v) is 5.95. The zero-order valence-corrected chi connectivity index (χ0v) is 10.5. The summed E-state index contributed by atoms with van der Waals surface area (Å²) in [6.07, 6.45) is 0.575. The quantitative estimate of drug-likeness (QED) is 0.854. The highest BCUT2D eigenvalue weighted by Crippen LogP contribution is 2.09. The van der Waals surface area contributed by atoms with Crippen LogP contribution >= 0.6 is 0 Å². The van der Waals surface area contributed by atoms with Crippen LogP contribution in [0.5, 0.6) is 0 Å². The number of nitrogens with zero attached hydrogens (tertiary/aromatic N) is 1. The summed E-state index contributed by atoms with van der Waals surface area (Å²) in [4.78, 5) is 22.6. The number of carbonyl (C=O) groups excluding carboxylic acids is 2. The van der Waals surface area contributed by atoms with E-state index in [1.54, 1.807) is 19.1 Å². The van der Waals surface area contributed by atoms with Crippen LogP contribution in [0.25, 0.3) is 0 Å². The van der Waals surface area contributed by atoms with Gasteiger partial charge < -0.3 is 5.32 Å². The fourth-order valence-corrected chi connectivity index (χ4v) is 1.67. The van der Waals surface area contributed by atoms with Gasteiger partial charge in [0, 0.05) is 19.4 Å². The maximum absolute atomic E-state index is 13.3. The summed E-state index contributed by atoms with van der Waals surface area (Å²) in [5.74, 6) is -0.841. The second kappa shape index (κ2) is 5.60. The maximum atomic E-state index is 13.3. The zero-order chi connectivity index (χ0) is 13.8. The first-order chi connectivity index (χ1) is 9.06. The number of carbonyl (C=O) groups is 2. The van der Waals surface area contributed by atoms with Gasteiger partial charge in [-0.15, -0.1) is 0 Å². The van der Waals surface area contributed by atoms with Crippen LogP contribution in [0.2, 0.25) is 0 Å². The molecule has 1 aliphatic heterocycles. The van der Waals surface area contributed by atoms with Gasteiger partial charge in [-0.05, 0) is 24.1 Å². The summed E-state index contributed by atoms with van der Waals surface area (Å²) in [6, 6.07) is 4.80. The van der Waals surface area contributed by atoms with E-state index in [0.29, 0.717) is 17.5 Å². The molecule has 1 aromatic carbocycles. The number of rotatable bonds is 3. The summed E-state index contributed by atoms with van der Waals surface area (Å²) in [5, 5.41) is 6.33. The van der Waals surface area contributed by atoms with E-state index < -0.39 is 0 Å². The number of nitrogens with one attached hydrogen (secondary N) is 2. The molecular weight excluding hydrogens is 249 g/mol. The average Bonchev–Trinajstić information content (AvgIpc) is 2.40. The molecule has 2 amide bonds. The van der Waals surface area contributed by atoms with E-state index in [2.05, 4.69) is 15.8 Å². The van der Waals surface area contributed by atoms with Crippen LogP contribution in [0.1, 0.15) is 24.0 Å². The molecular formula is C13H14FN3O2. The van der Waals surface area contributed by atoms with E-state index in [1.807, 2.05) is 0 Å². The lowest BCUT2D eigenvalue weighted by atomic mass is 10.1. The van der Waals surface area contributed by atoms with Gasteiger partial charge in [0.05, 0.1) is 0 Å². The Bertz CT molecular complexity index is 555. The number of halogens is 1. The Hall–Kier alpha value is -2.24. The molecule has 0 saturated heterocycles. The molecule has 2 N–H and O–H groups in total. The second-order valence-electron chi connectivity index (χ2n) is 4.36. The molecule has 0 spiro atoms. The molecule has 2 rings (SSSR count). The van der Waals surface area contributed by atoms with E-state index in [-0.39, 0.29) is 36.3 Å². The standard InChI is InChI=1S/C13H14FN3O2/c1-8-2-3-9(6-10(8)14)7-15-13(19)11-4-5-12(18)17-16-11/h2-3,6H,4-5,7H2,1H3,(H,15,19)(H,17,18). The van der Waals surface area contributed by atoms with Gasteiger partial charge in [0.15, 0.2) is 0 Å². The first kappa shape index (κ1) is 13.2. The topological polar surface area (TPSA) is 70.6 Å². The van der Waals surface area contributed by atoms with Crippen molar-refractivity contribution in [2.45, 2.75) is 26.3 Å². The predicted molar refractivity (Wildman–Crippen MR) is 67.8 cm³/mol. The van der Waals surface area contributed by atoms with Crippen LogP contribution in [0, 0.1) is 12.7 Å². The summed E-state index contributed by atoms with van der Waals surface area (Å²) in [5.41, 5.74) is 3.78. The average molecular weight is 263 g/mol. The molecule has 1 heterocycles. The SMILES string of the molecule is Cc1ccc(CNC(=O)C2=NNC(=O)CC2)cc1F. The van der Waals surface area contributed by atoms with Crippen molar-refractivity contribution in [1.82, 2.24) is 10.7 Å². The molecule has 0 aliphatic carbocycles. The molecule has 1 aliphatic rings. The molecule has 6 heteroatoms. The Morgan fingerprint density at radius 3 is 2.89 bits per heavy atom. The van der Waals surface area contributed by atoms with Crippen molar-refractivity contribution in [2.24, 2.45) is 5.10 Å². The molecule has 0 fully saturated rings. The molecule has 5 nitrogen and oxygen atoms in total. The van der Waals surface area contributed by atoms with E-state index in [9.17, 15) is 14.0 Å². The molecule has 0 saturated carbocycles. The molecule has 0 atom stereocenters. The van der Waals surface area contributed by atoms with Crippen molar-refractivity contribution in [3.05, 3.63) is 35.1 Å². The number of benzene rings is 1. The Morgan fingerprint density at radius 2 is 2.26 bits per heavy atom. The van der Waals surface area contributed by atoms with Crippen LogP contribution in [-0.2, 0) is 16.1 Å². The lowest BCUT2D eigenvalue weighted by molar-refractivity contribution is -0.121. The number of hydrogen-bond donors (Lipinski definition) is 2. The molecule has 1 aromatic rings. The van der Waals surface area contributed by atoms with Crippen molar-refractivity contribution >= 4 is 17.5 Å². The molecule has 0 bridgehead atoms. The van der Waals surface area contributed by atoms with E-state index in [4.69, 9.17) is 0 Å². The Kier molecular flexibility index (Phi) is 3.89. The first-order valence-electron chi connectivity index (χ1n) is 5.95. The predicted octanol–water partition coefficient (Wildman–Crippen LogP) is 1.02. The minimum Gasteiger partial charge on any atom is -0.347 e.